The van der Waals surface area contributed by atoms with Crippen molar-refractivity contribution >= 4 is 11.8 Å². The van der Waals surface area contributed by atoms with Gasteiger partial charge in [-0.3, -0.25) is 0 Å². The minimum atomic E-state index is -0.231. The van der Waals surface area contributed by atoms with Gasteiger partial charge in [0.15, 0.2) is 0 Å². The summed E-state index contributed by atoms with van der Waals surface area (Å²) in [6.45, 7) is 9.70. The van der Waals surface area contributed by atoms with Crippen molar-refractivity contribution in [2.45, 2.75) is 73.9 Å². The standard InChI is InChI=1S/C24H32O2S/c1-6-20-17-24(25-5,14-15-26-20)19-8-7-9-22(16-19)27-21-12-10-18(11-13-21)23(2,3)4/h7-13,16,20H,6,14-15,17H2,1-5H3/t20-,24-/m1/s1. The van der Waals surface area contributed by atoms with Crippen molar-refractivity contribution in [1.82, 2.24) is 0 Å². The maximum Gasteiger partial charge on any atom is 0.0974 e. The molecule has 1 fully saturated rings. The molecule has 2 aromatic rings. The van der Waals surface area contributed by atoms with E-state index in [1.165, 1.54) is 20.9 Å². The van der Waals surface area contributed by atoms with E-state index in [4.69, 9.17) is 9.47 Å². The van der Waals surface area contributed by atoms with Gasteiger partial charge < -0.3 is 9.47 Å². The van der Waals surface area contributed by atoms with Gasteiger partial charge in [-0.15, -0.1) is 0 Å². The second kappa shape index (κ2) is 8.38. The number of hydrogen-bond donors (Lipinski definition) is 0. The molecule has 1 saturated heterocycles. The summed E-state index contributed by atoms with van der Waals surface area (Å²) in [5, 5.41) is 0. The maximum atomic E-state index is 6.07. The minimum Gasteiger partial charge on any atom is -0.378 e. The van der Waals surface area contributed by atoms with Gasteiger partial charge in [0.1, 0.15) is 0 Å². The average Bonchev–Trinajstić information content (AvgIpc) is 2.68. The van der Waals surface area contributed by atoms with Gasteiger partial charge in [0, 0.05) is 29.7 Å². The van der Waals surface area contributed by atoms with Gasteiger partial charge in [-0.2, -0.15) is 0 Å². The van der Waals surface area contributed by atoms with Gasteiger partial charge in [0.25, 0.3) is 0 Å². The Labute approximate surface area is 168 Å². The molecule has 0 saturated carbocycles. The van der Waals surface area contributed by atoms with E-state index in [9.17, 15) is 0 Å². The summed E-state index contributed by atoms with van der Waals surface area (Å²) in [4.78, 5) is 2.53. The van der Waals surface area contributed by atoms with Gasteiger partial charge in [-0.25, -0.2) is 0 Å². The molecule has 2 aromatic carbocycles. The van der Waals surface area contributed by atoms with Crippen molar-refractivity contribution in [1.29, 1.82) is 0 Å². The largest absolute Gasteiger partial charge is 0.378 e. The van der Waals surface area contributed by atoms with E-state index < -0.39 is 0 Å². The summed E-state index contributed by atoms with van der Waals surface area (Å²) in [5.41, 5.74) is 2.59. The van der Waals surface area contributed by atoms with Crippen LogP contribution in [-0.4, -0.2) is 19.8 Å². The van der Waals surface area contributed by atoms with Crippen molar-refractivity contribution in [3.8, 4) is 0 Å². The quantitative estimate of drug-likeness (QED) is 0.581. The molecule has 0 N–H and O–H groups in total. The number of hydrogen-bond acceptors (Lipinski definition) is 3. The molecule has 0 bridgehead atoms. The first-order chi connectivity index (χ1) is 12.9. The van der Waals surface area contributed by atoms with E-state index in [1.807, 2.05) is 18.9 Å². The van der Waals surface area contributed by atoms with Crippen molar-refractivity contribution in [3.63, 3.8) is 0 Å². The fourth-order valence-electron chi connectivity index (χ4n) is 3.75. The molecular formula is C24H32O2S. The Kier molecular flexibility index (Phi) is 6.35. The molecule has 0 spiro atoms. The molecule has 1 aliphatic heterocycles. The van der Waals surface area contributed by atoms with Gasteiger partial charge >= 0.3 is 0 Å². The topological polar surface area (TPSA) is 18.5 Å². The molecule has 1 heterocycles. The monoisotopic (exact) mass is 384 g/mol. The highest BCUT2D eigenvalue weighted by Gasteiger charge is 2.38. The third-order valence-corrected chi connectivity index (χ3v) is 6.58. The van der Waals surface area contributed by atoms with Crippen LogP contribution in [0.1, 0.15) is 58.1 Å². The van der Waals surface area contributed by atoms with E-state index in [0.29, 0.717) is 0 Å². The SMILES string of the molecule is CC[C@@H]1C[C@@](OC)(c2cccc(Sc3ccc(C(C)(C)C)cc3)c2)CCO1. The predicted octanol–water partition coefficient (Wildman–Crippen LogP) is 6.57. The molecule has 2 atom stereocenters. The number of rotatable bonds is 5. The summed E-state index contributed by atoms with van der Waals surface area (Å²) < 4.78 is 12.0. The molecule has 0 aliphatic carbocycles. The Morgan fingerprint density at radius 1 is 1.11 bits per heavy atom. The highest BCUT2D eigenvalue weighted by atomic mass is 32.2. The van der Waals surface area contributed by atoms with Crippen LogP contribution in [0.4, 0.5) is 0 Å². The van der Waals surface area contributed by atoms with E-state index >= 15 is 0 Å². The van der Waals surface area contributed by atoms with Crippen LogP contribution in [0.2, 0.25) is 0 Å². The first-order valence-electron chi connectivity index (χ1n) is 9.92. The smallest absolute Gasteiger partial charge is 0.0974 e. The van der Waals surface area contributed by atoms with Crippen molar-refractivity contribution < 1.29 is 9.47 Å². The molecule has 1 aliphatic rings. The Bertz CT molecular complexity index is 748. The van der Waals surface area contributed by atoms with Gasteiger partial charge in [-0.1, -0.05) is 63.7 Å². The van der Waals surface area contributed by atoms with Crippen LogP contribution in [0, 0.1) is 0 Å². The summed E-state index contributed by atoms with van der Waals surface area (Å²) in [6.07, 6.45) is 3.14. The average molecular weight is 385 g/mol. The molecule has 2 nitrogen and oxygen atoms in total. The fraction of sp³-hybridized carbons (Fsp3) is 0.500. The minimum absolute atomic E-state index is 0.187. The van der Waals surface area contributed by atoms with Crippen molar-refractivity contribution in [2.24, 2.45) is 0 Å². The molecule has 146 valence electrons. The van der Waals surface area contributed by atoms with Crippen LogP contribution in [0.15, 0.2) is 58.3 Å². The summed E-state index contributed by atoms with van der Waals surface area (Å²) in [7, 11) is 1.84. The molecule has 3 heteroatoms. The second-order valence-electron chi connectivity index (χ2n) is 8.46. The zero-order chi connectivity index (χ0) is 19.5. The Morgan fingerprint density at radius 2 is 1.85 bits per heavy atom. The van der Waals surface area contributed by atoms with E-state index in [-0.39, 0.29) is 17.1 Å². The third-order valence-electron chi connectivity index (χ3n) is 5.58. The number of ether oxygens (including phenoxy) is 2. The van der Waals surface area contributed by atoms with Crippen LogP contribution < -0.4 is 0 Å². The normalized spacial score (nSPS) is 23.4. The third kappa shape index (κ3) is 4.77. The number of methoxy groups -OCH3 is 1. The molecule has 0 aromatic heterocycles. The lowest BCUT2D eigenvalue weighted by Gasteiger charge is -2.40. The predicted molar refractivity (Wildman–Crippen MR) is 114 cm³/mol. The number of benzene rings is 2. The van der Waals surface area contributed by atoms with Crippen LogP contribution in [0.25, 0.3) is 0 Å². The van der Waals surface area contributed by atoms with E-state index in [2.05, 4.69) is 76.2 Å². The lowest BCUT2D eigenvalue weighted by molar-refractivity contribution is -0.128. The fourth-order valence-corrected chi connectivity index (χ4v) is 4.63. The first-order valence-corrected chi connectivity index (χ1v) is 10.7. The molecule has 0 amide bonds. The lowest BCUT2D eigenvalue weighted by atomic mass is 9.83. The van der Waals surface area contributed by atoms with Crippen LogP contribution in [0.5, 0.6) is 0 Å². The lowest BCUT2D eigenvalue weighted by Crippen LogP contribution is -2.40. The second-order valence-corrected chi connectivity index (χ2v) is 9.60. The molecule has 0 radical (unpaired) electrons. The van der Waals surface area contributed by atoms with Gasteiger partial charge in [0.2, 0.25) is 0 Å². The molecule has 0 unspecified atom stereocenters. The first kappa shape index (κ1) is 20.4. The zero-order valence-corrected chi connectivity index (χ0v) is 18.1. The summed E-state index contributed by atoms with van der Waals surface area (Å²) >= 11 is 1.81. The van der Waals surface area contributed by atoms with Gasteiger partial charge in [0.05, 0.1) is 18.3 Å². The van der Waals surface area contributed by atoms with Crippen LogP contribution in [0.3, 0.4) is 0 Å². The highest BCUT2D eigenvalue weighted by Crippen LogP contribution is 2.40. The van der Waals surface area contributed by atoms with Crippen LogP contribution >= 0.6 is 11.8 Å². The molecular weight excluding hydrogens is 352 g/mol. The zero-order valence-electron chi connectivity index (χ0n) is 17.2. The summed E-state index contributed by atoms with van der Waals surface area (Å²) in [5.74, 6) is 0. The Morgan fingerprint density at radius 3 is 2.48 bits per heavy atom. The maximum absolute atomic E-state index is 6.07. The van der Waals surface area contributed by atoms with Crippen molar-refractivity contribution in [2.75, 3.05) is 13.7 Å². The van der Waals surface area contributed by atoms with Crippen LogP contribution in [-0.2, 0) is 20.5 Å². The van der Waals surface area contributed by atoms with E-state index in [0.717, 1.165) is 25.9 Å². The van der Waals surface area contributed by atoms with Crippen molar-refractivity contribution in [3.05, 3.63) is 59.7 Å². The Balaban J connectivity index is 1.81. The molecule has 27 heavy (non-hydrogen) atoms. The Hall–Kier alpha value is -1.29. The van der Waals surface area contributed by atoms with E-state index in [1.54, 1.807) is 0 Å². The molecule has 3 rings (SSSR count). The van der Waals surface area contributed by atoms with Gasteiger partial charge in [-0.05, 0) is 47.2 Å². The highest BCUT2D eigenvalue weighted by molar-refractivity contribution is 7.99. The summed E-state index contributed by atoms with van der Waals surface area (Å²) in [6, 6.07) is 17.8.